The molecule has 5 nitrogen and oxygen atoms in total. The summed E-state index contributed by atoms with van der Waals surface area (Å²) in [6, 6.07) is -1.08. The van der Waals surface area contributed by atoms with Gasteiger partial charge in [0, 0.05) is 0 Å². The number of rotatable bonds is 15. The van der Waals surface area contributed by atoms with Crippen LogP contribution in [0.25, 0.3) is 0 Å². The molecule has 0 heterocycles. The Morgan fingerprint density at radius 2 is 1.41 bits per heavy atom. The van der Waals surface area contributed by atoms with E-state index in [1.165, 1.54) is 44.9 Å². The van der Waals surface area contributed by atoms with Crippen LogP contribution in [0.15, 0.2) is 0 Å². The number of carboxylic acids is 2. The van der Waals surface area contributed by atoms with Gasteiger partial charge in [0.1, 0.15) is 0 Å². The van der Waals surface area contributed by atoms with Gasteiger partial charge in [0.05, 0.1) is 18.4 Å². The molecule has 6 heteroatoms. The van der Waals surface area contributed by atoms with Crippen molar-refractivity contribution in [2.75, 3.05) is 6.54 Å². The summed E-state index contributed by atoms with van der Waals surface area (Å²) in [6.45, 7) is 2.75. The molecule has 0 aliphatic rings. The molecule has 1 atom stereocenters. The van der Waals surface area contributed by atoms with Crippen molar-refractivity contribution >= 4 is 11.9 Å². The molecule has 0 bridgehead atoms. The fourth-order valence-corrected chi connectivity index (χ4v) is 2.30. The van der Waals surface area contributed by atoms with E-state index in [1.54, 1.807) is 0 Å². The van der Waals surface area contributed by atoms with Gasteiger partial charge in [-0.25, -0.2) is 0 Å². The van der Waals surface area contributed by atoms with E-state index < -0.39 is 24.4 Å². The Morgan fingerprint density at radius 1 is 0.955 bits per heavy atom. The van der Waals surface area contributed by atoms with E-state index in [2.05, 4.69) is 12.2 Å². The van der Waals surface area contributed by atoms with Crippen LogP contribution in [-0.4, -0.2) is 29.6 Å². The molecule has 0 amide bonds. The Hall–Kier alpha value is 0.536. The van der Waals surface area contributed by atoms with E-state index >= 15 is 0 Å². The van der Waals surface area contributed by atoms with Crippen LogP contribution in [0.1, 0.15) is 77.6 Å². The molecule has 0 fully saturated rings. The molecule has 0 aromatic carbocycles. The molecule has 0 radical (unpaired) electrons. The average Bonchev–Trinajstić information content (AvgIpc) is 2.42. The minimum Gasteiger partial charge on any atom is -0.548 e. The quantitative estimate of drug-likeness (QED) is 0.298. The van der Waals surface area contributed by atoms with Crippen molar-refractivity contribution in [3.8, 4) is 0 Å². The molecule has 124 valence electrons. The smallest absolute Gasteiger partial charge is 0.548 e. The number of unbranched alkanes of at least 4 members (excludes halogenated alkanes) is 9. The van der Waals surface area contributed by atoms with E-state index in [0.717, 1.165) is 19.3 Å². The number of carbonyl (C=O) groups is 2. The minimum absolute atomic E-state index is 0. The van der Waals surface area contributed by atoms with Gasteiger partial charge < -0.3 is 20.3 Å². The Kier molecular flexibility index (Phi) is 20.1. The molecule has 0 unspecified atom stereocenters. The van der Waals surface area contributed by atoms with E-state index in [1.807, 2.05) is 0 Å². The summed E-state index contributed by atoms with van der Waals surface area (Å²) in [5.41, 5.74) is 0. The van der Waals surface area contributed by atoms with Gasteiger partial charge in [-0.05, 0) is 13.0 Å². The van der Waals surface area contributed by atoms with Crippen molar-refractivity contribution in [3.05, 3.63) is 0 Å². The van der Waals surface area contributed by atoms with Crippen molar-refractivity contribution in [1.29, 1.82) is 0 Å². The van der Waals surface area contributed by atoms with Crippen LogP contribution < -0.4 is 61.8 Å². The van der Waals surface area contributed by atoms with Crippen molar-refractivity contribution in [2.24, 2.45) is 0 Å². The van der Waals surface area contributed by atoms with Gasteiger partial charge in [-0.15, -0.1) is 0 Å². The first-order valence-electron chi connectivity index (χ1n) is 8.24. The maximum absolute atomic E-state index is 10.7. The Balaban J connectivity index is 0. The predicted molar refractivity (Wildman–Crippen MR) is 80.9 cm³/mol. The standard InChI is InChI=1S/C16H31NO4.K/c1-2-3-4-5-6-7-8-9-10-11-12-17-14(16(20)21)13-15(18)19;/h14,17H,2-13H2,1H3,(H,18,19)(H,20,21);/q;+1/p-1/t14-;/m0./s1. The third kappa shape index (κ3) is 16.9. The van der Waals surface area contributed by atoms with E-state index in [-0.39, 0.29) is 51.4 Å². The average molecular weight is 340 g/mol. The van der Waals surface area contributed by atoms with Gasteiger partial charge in [-0.3, -0.25) is 4.79 Å². The molecule has 22 heavy (non-hydrogen) atoms. The molecule has 0 aromatic heterocycles. The molecule has 0 saturated carbocycles. The Morgan fingerprint density at radius 3 is 1.82 bits per heavy atom. The summed E-state index contributed by atoms with van der Waals surface area (Å²) < 4.78 is 0. The van der Waals surface area contributed by atoms with Gasteiger partial charge in [0.25, 0.3) is 0 Å². The minimum atomic E-state index is -1.34. The summed E-state index contributed by atoms with van der Waals surface area (Å²) in [4.78, 5) is 21.2. The summed E-state index contributed by atoms with van der Waals surface area (Å²) in [5, 5.41) is 22.0. The van der Waals surface area contributed by atoms with Gasteiger partial charge in [0.2, 0.25) is 0 Å². The van der Waals surface area contributed by atoms with Crippen molar-refractivity contribution in [2.45, 2.75) is 83.6 Å². The number of nitrogens with one attached hydrogen (secondary N) is 1. The molecule has 0 saturated heterocycles. The van der Waals surface area contributed by atoms with Gasteiger partial charge in [0.15, 0.2) is 0 Å². The third-order valence-corrected chi connectivity index (χ3v) is 3.58. The molecular formula is C16H30KNO4. The van der Waals surface area contributed by atoms with E-state index in [0.29, 0.717) is 6.54 Å². The SMILES string of the molecule is CCCCCCCCCCCCN[C@@H](CC(=O)O)C(=O)[O-].[K+]. The van der Waals surface area contributed by atoms with Gasteiger partial charge in [-0.2, -0.15) is 0 Å². The number of hydrogen-bond acceptors (Lipinski definition) is 4. The molecule has 2 N–H and O–H groups in total. The second-order valence-electron chi connectivity index (χ2n) is 5.61. The predicted octanol–water partition coefficient (Wildman–Crippen LogP) is -0.906. The van der Waals surface area contributed by atoms with Gasteiger partial charge >= 0.3 is 57.4 Å². The number of hydrogen-bond donors (Lipinski definition) is 2. The van der Waals surface area contributed by atoms with E-state index in [4.69, 9.17) is 5.11 Å². The number of aliphatic carboxylic acids is 2. The molecule has 0 aliphatic heterocycles. The molecule has 0 aliphatic carbocycles. The zero-order valence-electron chi connectivity index (χ0n) is 14.2. The first-order chi connectivity index (χ1) is 10.1. The normalized spacial score (nSPS) is 11.7. The zero-order chi connectivity index (χ0) is 15.9. The first-order valence-corrected chi connectivity index (χ1v) is 8.24. The van der Waals surface area contributed by atoms with Gasteiger partial charge in [-0.1, -0.05) is 64.7 Å². The van der Waals surface area contributed by atoms with Crippen LogP contribution in [0.4, 0.5) is 0 Å². The van der Waals surface area contributed by atoms with Crippen molar-refractivity contribution in [3.63, 3.8) is 0 Å². The third-order valence-electron chi connectivity index (χ3n) is 3.58. The van der Waals surface area contributed by atoms with E-state index in [9.17, 15) is 14.7 Å². The summed E-state index contributed by atoms with van der Waals surface area (Å²) in [7, 11) is 0. The van der Waals surface area contributed by atoms with Crippen molar-refractivity contribution < 1.29 is 71.2 Å². The Bertz CT molecular complexity index is 287. The fraction of sp³-hybridized carbons (Fsp3) is 0.875. The van der Waals surface area contributed by atoms with Crippen LogP contribution in [0.5, 0.6) is 0 Å². The van der Waals surface area contributed by atoms with Crippen LogP contribution in [0.3, 0.4) is 0 Å². The zero-order valence-corrected chi connectivity index (χ0v) is 17.4. The molecule has 0 aromatic rings. The van der Waals surface area contributed by atoms with Crippen LogP contribution in [0, 0.1) is 0 Å². The topological polar surface area (TPSA) is 89.5 Å². The largest absolute Gasteiger partial charge is 1.00 e. The van der Waals surface area contributed by atoms with Crippen LogP contribution in [0.2, 0.25) is 0 Å². The Labute approximate surface area is 177 Å². The van der Waals surface area contributed by atoms with Crippen molar-refractivity contribution in [1.82, 2.24) is 5.32 Å². The van der Waals surface area contributed by atoms with Crippen LogP contribution >= 0.6 is 0 Å². The second-order valence-corrected chi connectivity index (χ2v) is 5.61. The first kappa shape index (κ1) is 24.8. The maximum Gasteiger partial charge on any atom is 1.00 e. The second kappa shape index (κ2) is 17.9. The summed E-state index contributed by atoms with van der Waals surface area (Å²) >= 11 is 0. The molecule has 0 rings (SSSR count). The molecule has 0 spiro atoms. The van der Waals surface area contributed by atoms with Crippen LogP contribution in [-0.2, 0) is 9.59 Å². The fourth-order valence-electron chi connectivity index (χ4n) is 2.30. The summed E-state index contributed by atoms with van der Waals surface area (Å²) in [6.07, 6.45) is 11.8. The summed E-state index contributed by atoms with van der Waals surface area (Å²) in [5.74, 6) is -2.47. The monoisotopic (exact) mass is 339 g/mol. The maximum atomic E-state index is 10.7. The number of carbonyl (C=O) groups excluding carboxylic acids is 1. The number of carboxylic acid groups (broad SMARTS) is 2. The molecular weight excluding hydrogens is 309 g/mol.